The molecule has 2 aromatic rings. The van der Waals surface area contributed by atoms with Gasteiger partial charge in [-0.1, -0.05) is 12.1 Å². The number of aryl methyl sites for hydroxylation is 1. The Bertz CT molecular complexity index is 540. The SMILES string of the molecule is COc1ccc(CCNC(C)c2nccnc2C)cc1. The van der Waals surface area contributed by atoms with Crippen LogP contribution in [0, 0.1) is 6.92 Å². The number of benzene rings is 1. The molecule has 0 spiro atoms. The van der Waals surface area contributed by atoms with Gasteiger partial charge < -0.3 is 10.1 Å². The summed E-state index contributed by atoms with van der Waals surface area (Å²) in [6.07, 6.45) is 4.44. The Balaban J connectivity index is 1.84. The van der Waals surface area contributed by atoms with Crippen molar-refractivity contribution >= 4 is 0 Å². The van der Waals surface area contributed by atoms with Crippen molar-refractivity contribution in [3.63, 3.8) is 0 Å². The highest BCUT2D eigenvalue weighted by molar-refractivity contribution is 5.27. The van der Waals surface area contributed by atoms with Crippen molar-refractivity contribution in [3.05, 3.63) is 53.6 Å². The third-order valence-corrected chi connectivity index (χ3v) is 3.35. The van der Waals surface area contributed by atoms with E-state index in [0.29, 0.717) is 0 Å². The van der Waals surface area contributed by atoms with Gasteiger partial charge in [0.2, 0.25) is 0 Å². The third-order valence-electron chi connectivity index (χ3n) is 3.35. The number of hydrogen-bond acceptors (Lipinski definition) is 4. The first kappa shape index (κ1) is 14.5. The Kier molecular flexibility index (Phi) is 5.07. The van der Waals surface area contributed by atoms with E-state index in [2.05, 4.69) is 34.3 Å². The second-order valence-electron chi connectivity index (χ2n) is 4.80. The molecule has 0 aliphatic carbocycles. The van der Waals surface area contributed by atoms with Gasteiger partial charge in [-0.2, -0.15) is 0 Å². The molecule has 1 atom stereocenters. The number of nitrogens with zero attached hydrogens (tertiary/aromatic N) is 2. The molecule has 0 saturated carbocycles. The first-order valence-electron chi connectivity index (χ1n) is 6.84. The number of nitrogens with one attached hydrogen (secondary N) is 1. The lowest BCUT2D eigenvalue weighted by Crippen LogP contribution is -2.23. The zero-order valence-corrected chi connectivity index (χ0v) is 12.3. The van der Waals surface area contributed by atoms with Crippen molar-refractivity contribution in [1.29, 1.82) is 0 Å². The van der Waals surface area contributed by atoms with Crippen LogP contribution in [0.15, 0.2) is 36.7 Å². The van der Waals surface area contributed by atoms with Crippen molar-refractivity contribution in [2.45, 2.75) is 26.3 Å². The van der Waals surface area contributed by atoms with Gasteiger partial charge in [0.1, 0.15) is 5.75 Å². The van der Waals surface area contributed by atoms with Crippen LogP contribution in [0.5, 0.6) is 5.75 Å². The maximum absolute atomic E-state index is 5.15. The highest BCUT2D eigenvalue weighted by Crippen LogP contribution is 2.13. The van der Waals surface area contributed by atoms with Crippen LogP contribution in [-0.4, -0.2) is 23.6 Å². The van der Waals surface area contributed by atoms with Crippen LogP contribution in [0.1, 0.15) is 29.9 Å². The molecule has 0 aliphatic rings. The Hall–Kier alpha value is -1.94. The second kappa shape index (κ2) is 7.01. The van der Waals surface area contributed by atoms with Gasteiger partial charge in [-0.05, 0) is 44.5 Å². The summed E-state index contributed by atoms with van der Waals surface area (Å²) in [6.45, 7) is 5.01. The minimum atomic E-state index is 0.210. The van der Waals surface area contributed by atoms with Crippen molar-refractivity contribution in [2.75, 3.05) is 13.7 Å². The number of ether oxygens (including phenoxy) is 1. The van der Waals surface area contributed by atoms with Gasteiger partial charge in [0.15, 0.2) is 0 Å². The number of methoxy groups -OCH3 is 1. The summed E-state index contributed by atoms with van der Waals surface area (Å²) in [4.78, 5) is 8.65. The molecule has 20 heavy (non-hydrogen) atoms. The highest BCUT2D eigenvalue weighted by Gasteiger charge is 2.09. The summed E-state index contributed by atoms with van der Waals surface area (Å²) < 4.78 is 5.15. The molecule has 1 aromatic heterocycles. The van der Waals surface area contributed by atoms with Gasteiger partial charge in [-0.25, -0.2) is 0 Å². The summed E-state index contributed by atoms with van der Waals surface area (Å²) in [5.41, 5.74) is 3.29. The minimum Gasteiger partial charge on any atom is -0.497 e. The molecule has 0 amide bonds. The van der Waals surface area contributed by atoms with E-state index in [9.17, 15) is 0 Å². The molecule has 4 heteroatoms. The normalized spacial score (nSPS) is 12.2. The second-order valence-corrected chi connectivity index (χ2v) is 4.80. The minimum absolute atomic E-state index is 0.210. The average Bonchev–Trinajstić information content (AvgIpc) is 2.48. The third kappa shape index (κ3) is 3.78. The molecule has 1 N–H and O–H groups in total. The fourth-order valence-electron chi connectivity index (χ4n) is 2.17. The molecule has 0 aliphatic heterocycles. The van der Waals surface area contributed by atoms with Crippen LogP contribution >= 0.6 is 0 Å². The van der Waals surface area contributed by atoms with E-state index in [0.717, 1.165) is 30.1 Å². The quantitative estimate of drug-likeness (QED) is 0.877. The molecule has 1 unspecified atom stereocenters. The zero-order valence-electron chi connectivity index (χ0n) is 12.3. The van der Waals surface area contributed by atoms with E-state index in [1.165, 1.54) is 5.56 Å². The molecule has 1 aromatic carbocycles. The molecule has 1 heterocycles. The lowest BCUT2D eigenvalue weighted by Gasteiger charge is -2.14. The van der Waals surface area contributed by atoms with Crippen LogP contribution in [0.4, 0.5) is 0 Å². The molecule has 0 radical (unpaired) electrons. The Labute approximate surface area is 120 Å². The number of hydrogen-bond donors (Lipinski definition) is 1. The highest BCUT2D eigenvalue weighted by atomic mass is 16.5. The molecular formula is C16H21N3O. The van der Waals surface area contributed by atoms with Crippen molar-refractivity contribution in [2.24, 2.45) is 0 Å². The zero-order chi connectivity index (χ0) is 14.4. The molecule has 0 saturated heterocycles. The van der Waals surface area contributed by atoms with Gasteiger partial charge in [-0.3, -0.25) is 9.97 Å². The standard InChI is InChI=1S/C16H21N3O/c1-12(16-13(2)18-10-11-19-16)17-9-8-14-4-6-15(20-3)7-5-14/h4-7,10-12,17H,8-9H2,1-3H3. The van der Waals surface area contributed by atoms with Gasteiger partial charge >= 0.3 is 0 Å². The van der Waals surface area contributed by atoms with E-state index in [1.54, 1.807) is 19.5 Å². The lowest BCUT2D eigenvalue weighted by atomic mass is 10.1. The fourth-order valence-corrected chi connectivity index (χ4v) is 2.17. The summed E-state index contributed by atoms with van der Waals surface area (Å²) in [7, 11) is 1.68. The van der Waals surface area contributed by atoms with E-state index in [1.807, 2.05) is 19.1 Å². The van der Waals surface area contributed by atoms with E-state index < -0.39 is 0 Å². The van der Waals surface area contributed by atoms with Crippen LogP contribution < -0.4 is 10.1 Å². The summed E-state index contributed by atoms with van der Waals surface area (Å²) in [6, 6.07) is 8.39. The molecule has 2 rings (SSSR count). The van der Waals surface area contributed by atoms with E-state index in [-0.39, 0.29) is 6.04 Å². The smallest absolute Gasteiger partial charge is 0.118 e. The lowest BCUT2D eigenvalue weighted by molar-refractivity contribution is 0.414. The Morgan fingerprint density at radius 3 is 2.50 bits per heavy atom. The van der Waals surface area contributed by atoms with Crippen LogP contribution in [0.3, 0.4) is 0 Å². The van der Waals surface area contributed by atoms with Gasteiger partial charge in [-0.15, -0.1) is 0 Å². The molecular weight excluding hydrogens is 250 g/mol. The molecule has 0 bridgehead atoms. The maximum atomic E-state index is 5.15. The van der Waals surface area contributed by atoms with Crippen molar-refractivity contribution in [1.82, 2.24) is 15.3 Å². The fraction of sp³-hybridized carbons (Fsp3) is 0.375. The van der Waals surface area contributed by atoms with Crippen LogP contribution in [-0.2, 0) is 6.42 Å². The van der Waals surface area contributed by atoms with Gasteiger partial charge in [0.25, 0.3) is 0 Å². The van der Waals surface area contributed by atoms with Gasteiger partial charge in [0.05, 0.1) is 18.5 Å². The average molecular weight is 271 g/mol. The van der Waals surface area contributed by atoms with Crippen molar-refractivity contribution in [3.8, 4) is 5.75 Å². The maximum Gasteiger partial charge on any atom is 0.118 e. The predicted octanol–water partition coefficient (Wildman–Crippen LogP) is 2.69. The summed E-state index contributed by atoms with van der Waals surface area (Å²) in [5, 5.41) is 3.48. The number of aromatic nitrogens is 2. The first-order valence-corrected chi connectivity index (χ1v) is 6.84. The van der Waals surface area contributed by atoms with Crippen LogP contribution in [0.25, 0.3) is 0 Å². The topological polar surface area (TPSA) is 47.0 Å². The summed E-state index contributed by atoms with van der Waals surface area (Å²) in [5.74, 6) is 0.894. The predicted molar refractivity (Wildman–Crippen MR) is 79.9 cm³/mol. The first-order chi connectivity index (χ1) is 9.70. The van der Waals surface area contributed by atoms with E-state index >= 15 is 0 Å². The van der Waals surface area contributed by atoms with Crippen LogP contribution in [0.2, 0.25) is 0 Å². The van der Waals surface area contributed by atoms with Crippen molar-refractivity contribution < 1.29 is 4.74 Å². The molecule has 106 valence electrons. The largest absolute Gasteiger partial charge is 0.497 e. The Morgan fingerprint density at radius 2 is 1.85 bits per heavy atom. The summed E-state index contributed by atoms with van der Waals surface area (Å²) >= 11 is 0. The van der Waals surface area contributed by atoms with Gasteiger partial charge in [0, 0.05) is 18.4 Å². The Morgan fingerprint density at radius 1 is 1.15 bits per heavy atom. The van der Waals surface area contributed by atoms with E-state index in [4.69, 9.17) is 4.74 Å². The molecule has 0 fully saturated rings. The molecule has 4 nitrogen and oxygen atoms in total. The monoisotopic (exact) mass is 271 g/mol. The number of rotatable bonds is 6.